The molecular formula is C32H42N6O5S. The number of thioether (sulfide) groups is 1. The summed E-state index contributed by atoms with van der Waals surface area (Å²) in [6.07, 6.45) is 1.05. The molecule has 0 unspecified atom stereocenters. The van der Waals surface area contributed by atoms with Crippen molar-refractivity contribution in [3.63, 3.8) is 0 Å². The van der Waals surface area contributed by atoms with Crippen molar-refractivity contribution in [2.45, 2.75) is 44.3 Å². The highest BCUT2D eigenvalue weighted by Gasteiger charge is 2.50. The average molecular weight is 623 g/mol. The second kappa shape index (κ2) is 16.7. The number of carbonyl (C=O) groups is 4. The van der Waals surface area contributed by atoms with Crippen LogP contribution >= 0.6 is 11.8 Å². The van der Waals surface area contributed by atoms with Crippen LogP contribution in [0.4, 0.5) is 9.59 Å². The van der Waals surface area contributed by atoms with Crippen molar-refractivity contribution in [2.24, 2.45) is 0 Å². The average Bonchev–Trinajstić information content (AvgIpc) is 3.04. The van der Waals surface area contributed by atoms with Crippen LogP contribution in [0.15, 0.2) is 73.3 Å². The molecule has 2 aliphatic rings. The third-order valence-corrected chi connectivity index (χ3v) is 8.57. The lowest BCUT2D eigenvalue weighted by molar-refractivity contribution is -0.190. The number of hydrazine groups is 1. The van der Waals surface area contributed by atoms with Crippen molar-refractivity contribution in [1.29, 1.82) is 0 Å². The molecule has 2 heterocycles. The smallest absolute Gasteiger partial charge is 0.407 e. The number of benzene rings is 2. The molecule has 2 atom stereocenters. The Morgan fingerprint density at radius 2 is 1.75 bits per heavy atom. The van der Waals surface area contributed by atoms with Gasteiger partial charge in [0.25, 0.3) is 0 Å². The molecule has 0 saturated carbocycles. The van der Waals surface area contributed by atoms with E-state index in [4.69, 9.17) is 4.74 Å². The molecule has 5 amide bonds. The Kier molecular flexibility index (Phi) is 12.5. The molecule has 0 spiro atoms. The van der Waals surface area contributed by atoms with Gasteiger partial charge in [-0.1, -0.05) is 80.2 Å². The van der Waals surface area contributed by atoms with Gasteiger partial charge < -0.3 is 25.2 Å². The van der Waals surface area contributed by atoms with E-state index >= 15 is 0 Å². The number of alkyl carbamates (subject to hydrolysis) is 1. The van der Waals surface area contributed by atoms with E-state index in [9.17, 15) is 19.2 Å². The highest BCUT2D eigenvalue weighted by molar-refractivity contribution is 7.98. The Morgan fingerprint density at radius 1 is 1.05 bits per heavy atom. The SMILES string of the molecule is C=CCOC(=O)NCCC[C@H]1C(=O)N(CCSCc2ccccc2)C[C@H]2N1C(=O)CN(CC)N2C(=O)NCc1ccccc1. The quantitative estimate of drug-likeness (QED) is 0.245. The second-order valence-electron chi connectivity index (χ2n) is 10.5. The van der Waals surface area contributed by atoms with Gasteiger partial charge in [-0.3, -0.25) is 9.59 Å². The number of rotatable bonds is 14. The molecule has 2 saturated heterocycles. The van der Waals surface area contributed by atoms with Crippen LogP contribution in [0.25, 0.3) is 0 Å². The van der Waals surface area contributed by atoms with Crippen molar-refractivity contribution >= 4 is 35.7 Å². The first-order valence-corrected chi connectivity index (χ1v) is 16.2. The monoisotopic (exact) mass is 622 g/mol. The number of hydrogen-bond acceptors (Lipinski definition) is 7. The summed E-state index contributed by atoms with van der Waals surface area (Å²) in [5.74, 6) is 1.20. The van der Waals surface area contributed by atoms with Gasteiger partial charge in [0.05, 0.1) is 13.1 Å². The molecule has 0 bridgehead atoms. The van der Waals surface area contributed by atoms with Crippen LogP contribution in [0.2, 0.25) is 0 Å². The minimum absolute atomic E-state index is 0.00536. The molecule has 236 valence electrons. The molecule has 2 aliphatic heterocycles. The molecular weight excluding hydrogens is 580 g/mol. The van der Waals surface area contributed by atoms with Crippen molar-refractivity contribution in [3.8, 4) is 0 Å². The highest BCUT2D eigenvalue weighted by Crippen LogP contribution is 2.29. The van der Waals surface area contributed by atoms with E-state index < -0.39 is 18.3 Å². The summed E-state index contributed by atoms with van der Waals surface area (Å²) in [7, 11) is 0. The first-order chi connectivity index (χ1) is 21.4. The van der Waals surface area contributed by atoms with E-state index in [0.717, 1.165) is 11.3 Å². The summed E-state index contributed by atoms with van der Waals surface area (Å²) in [4.78, 5) is 56.3. The van der Waals surface area contributed by atoms with Gasteiger partial charge in [-0.05, 0) is 24.0 Å². The minimum atomic E-state index is -0.755. The highest BCUT2D eigenvalue weighted by atomic mass is 32.2. The third-order valence-electron chi connectivity index (χ3n) is 7.56. The van der Waals surface area contributed by atoms with Crippen molar-refractivity contribution in [2.75, 3.05) is 45.1 Å². The first kappa shape index (κ1) is 32.9. The van der Waals surface area contributed by atoms with Gasteiger partial charge in [-0.2, -0.15) is 11.8 Å². The Morgan fingerprint density at radius 3 is 2.43 bits per heavy atom. The predicted molar refractivity (Wildman–Crippen MR) is 170 cm³/mol. The summed E-state index contributed by atoms with van der Waals surface area (Å²) < 4.78 is 4.96. The molecule has 0 aromatic heterocycles. The van der Waals surface area contributed by atoms with Gasteiger partial charge in [0.1, 0.15) is 18.8 Å². The Bertz CT molecular complexity index is 1270. The number of carbonyl (C=O) groups excluding carboxylic acids is 4. The maximum absolute atomic E-state index is 13.9. The fraction of sp³-hybridized carbons (Fsp3) is 0.438. The minimum Gasteiger partial charge on any atom is -0.445 e. The van der Waals surface area contributed by atoms with E-state index in [-0.39, 0.29) is 44.1 Å². The van der Waals surface area contributed by atoms with E-state index in [1.54, 1.807) is 31.6 Å². The largest absolute Gasteiger partial charge is 0.445 e. The number of ether oxygens (including phenoxy) is 1. The molecule has 0 radical (unpaired) electrons. The first-order valence-electron chi connectivity index (χ1n) is 15.0. The summed E-state index contributed by atoms with van der Waals surface area (Å²) in [6.45, 7) is 7.31. The second-order valence-corrected chi connectivity index (χ2v) is 11.7. The number of urea groups is 1. The van der Waals surface area contributed by atoms with E-state index in [1.165, 1.54) is 11.6 Å². The van der Waals surface area contributed by atoms with Crippen LogP contribution in [0, 0.1) is 0 Å². The normalized spacial score (nSPS) is 18.5. The van der Waals surface area contributed by atoms with Gasteiger partial charge in [0.2, 0.25) is 11.8 Å². The molecule has 2 fully saturated rings. The number of nitrogens with one attached hydrogen (secondary N) is 2. The van der Waals surface area contributed by atoms with Crippen LogP contribution in [-0.2, 0) is 26.6 Å². The number of likely N-dealkylation sites (N-methyl/N-ethyl adjacent to an activating group) is 1. The molecule has 2 N–H and O–H groups in total. The Balaban J connectivity index is 1.49. The van der Waals surface area contributed by atoms with Crippen LogP contribution in [0.3, 0.4) is 0 Å². The van der Waals surface area contributed by atoms with Gasteiger partial charge in [0, 0.05) is 37.7 Å². The fourth-order valence-electron chi connectivity index (χ4n) is 5.41. The Labute approximate surface area is 263 Å². The van der Waals surface area contributed by atoms with Crippen molar-refractivity contribution < 1.29 is 23.9 Å². The van der Waals surface area contributed by atoms with Gasteiger partial charge in [-0.15, -0.1) is 0 Å². The molecule has 4 rings (SSSR count). The van der Waals surface area contributed by atoms with E-state index in [1.807, 2.05) is 55.5 Å². The van der Waals surface area contributed by atoms with Crippen LogP contribution < -0.4 is 10.6 Å². The summed E-state index contributed by atoms with van der Waals surface area (Å²) in [5.41, 5.74) is 2.17. The summed E-state index contributed by atoms with van der Waals surface area (Å²) in [5, 5.41) is 9.04. The lowest BCUT2D eigenvalue weighted by Gasteiger charge is -2.55. The number of amides is 5. The van der Waals surface area contributed by atoms with Gasteiger partial charge >= 0.3 is 12.1 Å². The van der Waals surface area contributed by atoms with E-state index in [2.05, 4.69) is 29.3 Å². The summed E-state index contributed by atoms with van der Waals surface area (Å²) in [6, 6.07) is 18.7. The molecule has 2 aromatic rings. The molecule has 44 heavy (non-hydrogen) atoms. The van der Waals surface area contributed by atoms with Gasteiger partial charge in [0.15, 0.2) is 0 Å². The topological polar surface area (TPSA) is 115 Å². The zero-order chi connectivity index (χ0) is 31.3. The predicted octanol–water partition coefficient (Wildman–Crippen LogP) is 3.44. The lowest BCUT2D eigenvalue weighted by atomic mass is 10.0. The lowest BCUT2D eigenvalue weighted by Crippen LogP contribution is -2.76. The van der Waals surface area contributed by atoms with Crippen molar-refractivity contribution in [3.05, 3.63) is 84.4 Å². The van der Waals surface area contributed by atoms with Crippen molar-refractivity contribution in [1.82, 2.24) is 30.5 Å². The van der Waals surface area contributed by atoms with Crippen LogP contribution in [0.1, 0.15) is 30.9 Å². The standard InChI is InChI=1S/C32H42N6O5S/c1-3-19-43-32(42)33-17-11-16-27-30(40)35(18-20-44-24-26-14-9-6-10-15-26)22-28-37(27)29(39)23-36(4-2)38(28)31(41)34-21-25-12-7-5-8-13-25/h3,5-10,12-15,27-28H,1,4,11,16-24H2,2H3,(H,33,42)(H,34,41)/t27-,28-/m0/s1. The Hall–Kier alpha value is -4.03. The number of piperazine rings is 1. The molecule has 0 aliphatic carbocycles. The molecule has 11 nitrogen and oxygen atoms in total. The zero-order valence-corrected chi connectivity index (χ0v) is 26.0. The van der Waals surface area contributed by atoms with Gasteiger partial charge in [-0.25, -0.2) is 19.6 Å². The fourth-order valence-corrected chi connectivity index (χ4v) is 6.33. The third kappa shape index (κ3) is 8.76. The molecule has 2 aromatic carbocycles. The maximum Gasteiger partial charge on any atom is 0.407 e. The van der Waals surface area contributed by atoms with E-state index in [0.29, 0.717) is 38.2 Å². The maximum atomic E-state index is 13.9. The van der Waals surface area contributed by atoms with Crippen LogP contribution in [0.5, 0.6) is 0 Å². The molecule has 12 heteroatoms. The zero-order valence-electron chi connectivity index (χ0n) is 25.2. The van der Waals surface area contributed by atoms with Crippen LogP contribution in [-0.4, -0.2) is 101 Å². The number of fused-ring (bicyclic) bond motifs is 1. The number of hydrogen-bond donors (Lipinski definition) is 2. The summed E-state index contributed by atoms with van der Waals surface area (Å²) >= 11 is 1.74. The number of nitrogens with zero attached hydrogens (tertiary/aromatic N) is 4.